The van der Waals surface area contributed by atoms with Crippen LogP contribution < -0.4 is 5.73 Å². The van der Waals surface area contributed by atoms with Gasteiger partial charge < -0.3 is 5.73 Å². The summed E-state index contributed by atoms with van der Waals surface area (Å²) in [4.78, 5) is 0. The second-order valence-electron chi connectivity index (χ2n) is 5.08. The zero-order chi connectivity index (χ0) is 11.1. The fraction of sp³-hybridized carbons (Fsp3) is 0.538. The van der Waals surface area contributed by atoms with Crippen molar-refractivity contribution in [3.63, 3.8) is 0 Å². The second kappa shape index (κ2) is 3.60. The maximum Gasteiger partial charge on any atom is 0.123 e. The van der Waals surface area contributed by atoms with Crippen LogP contribution in [0, 0.1) is 17.7 Å². The monoisotopic (exact) mass is 207 g/mol. The molecule has 0 radical (unpaired) electrons. The number of hydrogen-bond acceptors (Lipinski definition) is 1. The minimum atomic E-state index is -0.281. The van der Waals surface area contributed by atoms with E-state index >= 15 is 0 Å². The molecule has 1 fully saturated rings. The van der Waals surface area contributed by atoms with E-state index in [4.69, 9.17) is 5.73 Å². The number of nitrogens with two attached hydrogens (primary N) is 1. The van der Waals surface area contributed by atoms with Crippen LogP contribution in [0.15, 0.2) is 24.3 Å². The minimum Gasteiger partial charge on any atom is -0.321 e. The summed E-state index contributed by atoms with van der Waals surface area (Å²) in [6, 6.07) is 6.70. The Bertz CT molecular complexity index is 353. The minimum absolute atomic E-state index is 0.190. The molecule has 0 aromatic heterocycles. The molecule has 0 bridgehead atoms. The zero-order valence-corrected chi connectivity index (χ0v) is 9.33. The van der Waals surface area contributed by atoms with Crippen LogP contribution >= 0.6 is 0 Å². The fourth-order valence-electron chi connectivity index (χ4n) is 2.38. The first-order valence-electron chi connectivity index (χ1n) is 5.56. The molecule has 82 valence electrons. The van der Waals surface area contributed by atoms with Crippen molar-refractivity contribution in [2.24, 2.45) is 17.6 Å². The third kappa shape index (κ3) is 1.91. The molecule has 1 aliphatic carbocycles. The normalized spacial score (nSPS) is 30.3. The number of halogens is 1. The summed E-state index contributed by atoms with van der Waals surface area (Å²) in [7, 11) is 0. The number of rotatable bonds is 2. The smallest absolute Gasteiger partial charge is 0.123 e. The van der Waals surface area contributed by atoms with Gasteiger partial charge in [-0.1, -0.05) is 26.0 Å². The molecule has 1 nitrogen and oxygen atoms in total. The third-order valence-corrected chi connectivity index (χ3v) is 3.60. The van der Waals surface area contributed by atoms with Gasteiger partial charge in [-0.25, -0.2) is 4.39 Å². The molecule has 2 heteroatoms. The van der Waals surface area contributed by atoms with Crippen molar-refractivity contribution in [3.05, 3.63) is 35.6 Å². The van der Waals surface area contributed by atoms with E-state index in [-0.39, 0.29) is 11.4 Å². The highest BCUT2D eigenvalue weighted by Crippen LogP contribution is 2.46. The zero-order valence-electron chi connectivity index (χ0n) is 9.33. The first-order valence-corrected chi connectivity index (χ1v) is 5.56. The molecule has 1 saturated carbocycles. The molecule has 0 heterocycles. The van der Waals surface area contributed by atoms with Crippen molar-refractivity contribution in [3.8, 4) is 0 Å². The Labute approximate surface area is 90.5 Å². The Kier molecular flexibility index (Phi) is 2.55. The molecule has 0 spiro atoms. The Morgan fingerprint density at radius 2 is 2.07 bits per heavy atom. The van der Waals surface area contributed by atoms with Crippen LogP contribution in [0.1, 0.15) is 32.3 Å². The summed E-state index contributed by atoms with van der Waals surface area (Å²) in [5.41, 5.74) is 6.92. The molecule has 15 heavy (non-hydrogen) atoms. The van der Waals surface area contributed by atoms with Crippen LogP contribution in [0.3, 0.4) is 0 Å². The fourth-order valence-corrected chi connectivity index (χ4v) is 2.38. The van der Waals surface area contributed by atoms with E-state index in [1.165, 1.54) is 6.07 Å². The van der Waals surface area contributed by atoms with E-state index in [0.29, 0.717) is 11.8 Å². The van der Waals surface area contributed by atoms with Crippen LogP contribution in [-0.4, -0.2) is 0 Å². The lowest BCUT2D eigenvalue weighted by molar-refractivity contribution is 0.104. The highest BCUT2D eigenvalue weighted by atomic mass is 19.1. The lowest BCUT2D eigenvalue weighted by Gasteiger charge is -2.47. The summed E-state index contributed by atoms with van der Waals surface area (Å²) in [5, 5.41) is 0. The van der Waals surface area contributed by atoms with Gasteiger partial charge in [-0.2, -0.15) is 0 Å². The largest absolute Gasteiger partial charge is 0.321 e. The van der Waals surface area contributed by atoms with Crippen LogP contribution in [0.2, 0.25) is 0 Å². The Morgan fingerprint density at radius 1 is 1.40 bits per heavy atom. The van der Waals surface area contributed by atoms with Gasteiger partial charge in [0.2, 0.25) is 0 Å². The lowest BCUT2D eigenvalue weighted by atomic mass is 9.62. The number of hydrogen-bond donors (Lipinski definition) is 1. The highest BCUT2D eigenvalue weighted by Gasteiger charge is 2.43. The molecule has 2 rings (SSSR count). The Morgan fingerprint density at radius 3 is 2.60 bits per heavy atom. The average molecular weight is 207 g/mol. The summed E-state index contributed by atoms with van der Waals surface area (Å²) in [6.07, 6.45) is 1.96. The molecule has 0 atom stereocenters. The van der Waals surface area contributed by atoms with E-state index in [0.717, 1.165) is 18.4 Å². The molecular weight excluding hydrogens is 189 g/mol. The predicted molar refractivity (Wildman–Crippen MR) is 59.8 cm³/mol. The summed E-state index contributed by atoms with van der Waals surface area (Å²) in [5.74, 6) is 1.18. The van der Waals surface area contributed by atoms with Gasteiger partial charge >= 0.3 is 0 Å². The van der Waals surface area contributed by atoms with Crippen LogP contribution in [-0.2, 0) is 5.54 Å². The maximum atomic E-state index is 13.1. The molecule has 1 aromatic carbocycles. The first-order chi connectivity index (χ1) is 7.01. The van der Waals surface area contributed by atoms with Crippen molar-refractivity contribution in [1.82, 2.24) is 0 Å². The van der Waals surface area contributed by atoms with Crippen LogP contribution in [0.5, 0.6) is 0 Å². The van der Waals surface area contributed by atoms with Gasteiger partial charge in [-0.05, 0) is 42.4 Å². The van der Waals surface area contributed by atoms with Gasteiger partial charge in [-0.3, -0.25) is 0 Å². The molecule has 0 aliphatic heterocycles. The van der Waals surface area contributed by atoms with E-state index < -0.39 is 0 Å². The summed E-state index contributed by atoms with van der Waals surface area (Å²) >= 11 is 0. The molecule has 1 aliphatic rings. The molecule has 2 N–H and O–H groups in total. The summed E-state index contributed by atoms with van der Waals surface area (Å²) in [6.45, 7) is 4.44. The van der Waals surface area contributed by atoms with Crippen molar-refractivity contribution < 1.29 is 4.39 Å². The van der Waals surface area contributed by atoms with Crippen LogP contribution in [0.25, 0.3) is 0 Å². The van der Waals surface area contributed by atoms with Gasteiger partial charge in [0.1, 0.15) is 5.82 Å². The number of benzene rings is 1. The predicted octanol–water partition coefficient (Wildman–Crippen LogP) is 3.05. The van der Waals surface area contributed by atoms with Gasteiger partial charge in [0.25, 0.3) is 0 Å². The second-order valence-corrected chi connectivity index (χ2v) is 5.08. The van der Waals surface area contributed by atoms with Crippen molar-refractivity contribution in [2.75, 3.05) is 0 Å². The standard InChI is InChI=1S/C13H18FN/c1-9(2)10-7-13(15,8-10)11-4-3-5-12(14)6-11/h3-6,9-10H,7-8,15H2,1-2H3. The Balaban J connectivity index is 2.13. The van der Waals surface area contributed by atoms with Gasteiger partial charge in [0.15, 0.2) is 0 Å². The van der Waals surface area contributed by atoms with E-state index in [2.05, 4.69) is 13.8 Å². The maximum absolute atomic E-state index is 13.1. The van der Waals surface area contributed by atoms with Crippen molar-refractivity contribution >= 4 is 0 Å². The molecule has 0 unspecified atom stereocenters. The van der Waals surface area contributed by atoms with E-state index in [1.54, 1.807) is 12.1 Å². The van der Waals surface area contributed by atoms with E-state index in [9.17, 15) is 4.39 Å². The van der Waals surface area contributed by atoms with Gasteiger partial charge in [0, 0.05) is 5.54 Å². The summed E-state index contributed by atoms with van der Waals surface area (Å²) < 4.78 is 13.1. The SMILES string of the molecule is CC(C)C1CC(N)(c2cccc(F)c2)C1. The van der Waals surface area contributed by atoms with Crippen LogP contribution in [0.4, 0.5) is 4.39 Å². The third-order valence-electron chi connectivity index (χ3n) is 3.60. The van der Waals surface area contributed by atoms with Gasteiger partial charge in [-0.15, -0.1) is 0 Å². The highest BCUT2D eigenvalue weighted by molar-refractivity contribution is 5.27. The molecular formula is C13H18FN. The Hall–Kier alpha value is -0.890. The molecule has 0 saturated heterocycles. The average Bonchev–Trinajstić information content (AvgIpc) is 2.12. The van der Waals surface area contributed by atoms with E-state index in [1.807, 2.05) is 6.07 Å². The topological polar surface area (TPSA) is 26.0 Å². The van der Waals surface area contributed by atoms with Crippen molar-refractivity contribution in [1.29, 1.82) is 0 Å². The first kappa shape index (κ1) is 10.6. The molecule has 0 amide bonds. The van der Waals surface area contributed by atoms with Gasteiger partial charge in [0.05, 0.1) is 0 Å². The molecule has 1 aromatic rings. The lowest BCUT2D eigenvalue weighted by Crippen LogP contribution is -2.50. The van der Waals surface area contributed by atoms with Crippen molar-refractivity contribution in [2.45, 2.75) is 32.2 Å². The quantitative estimate of drug-likeness (QED) is 0.792.